The summed E-state index contributed by atoms with van der Waals surface area (Å²) in [5, 5.41) is 0. The molecular weight excluding hydrogens is 95.0 g/mol. The minimum Gasteiger partial charge on any atom is -0.269 e. The summed E-state index contributed by atoms with van der Waals surface area (Å²) < 4.78 is 21.5. The van der Waals surface area contributed by atoms with E-state index in [0.717, 1.165) is 9.24 Å². The SMILES string of the molecule is NC(F)(F)P. The Morgan fingerprint density at radius 1 is 1.60 bits per heavy atom. The molecule has 0 radical (unpaired) electrons. The van der Waals surface area contributed by atoms with E-state index in [1.165, 1.54) is 0 Å². The lowest BCUT2D eigenvalue weighted by atomic mass is 11.3. The van der Waals surface area contributed by atoms with Crippen LogP contribution in [0.15, 0.2) is 0 Å². The first kappa shape index (κ1) is 5.25. The molecule has 0 fully saturated rings. The van der Waals surface area contributed by atoms with E-state index in [-0.39, 0.29) is 0 Å². The van der Waals surface area contributed by atoms with Gasteiger partial charge in [-0.2, -0.15) is 8.78 Å². The minimum atomic E-state index is -3.08. The number of hydrogen-bond acceptors (Lipinski definition) is 1. The van der Waals surface area contributed by atoms with E-state index in [1.807, 2.05) is 0 Å². The normalized spacial score (nSPS) is 12.0. The second-order valence-corrected chi connectivity index (χ2v) is 1.44. The van der Waals surface area contributed by atoms with Gasteiger partial charge in [0.2, 0.25) is 0 Å². The van der Waals surface area contributed by atoms with Crippen molar-refractivity contribution in [3.8, 4) is 0 Å². The van der Waals surface area contributed by atoms with Crippen molar-refractivity contribution in [2.45, 2.75) is 5.79 Å². The second-order valence-electron chi connectivity index (χ2n) is 0.675. The largest absolute Gasteiger partial charge is 0.311 e. The molecule has 0 aromatic heterocycles. The first-order valence-corrected chi connectivity index (χ1v) is 1.53. The molecule has 0 spiro atoms. The van der Waals surface area contributed by atoms with Gasteiger partial charge in [-0.15, -0.1) is 0 Å². The first-order chi connectivity index (χ1) is 2.00. The summed E-state index contributed by atoms with van der Waals surface area (Å²) >= 11 is 0. The molecule has 0 aliphatic heterocycles. The van der Waals surface area contributed by atoms with E-state index in [9.17, 15) is 8.78 Å². The number of hydrogen-bond donors (Lipinski definition) is 1. The Bertz CT molecular complexity index is 25.1. The fraction of sp³-hybridized carbons (Fsp3) is 1.00. The van der Waals surface area contributed by atoms with Gasteiger partial charge in [-0.1, -0.05) is 0 Å². The predicted molar refractivity (Wildman–Crippen MR) is 18.8 cm³/mol. The van der Waals surface area contributed by atoms with E-state index in [2.05, 4.69) is 5.73 Å². The molecule has 0 amide bonds. The van der Waals surface area contributed by atoms with Crippen LogP contribution in [0.25, 0.3) is 0 Å². The monoisotopic (exact) mass is 99.0 g/mol. The Morgan fingerprint density at radius 3 is 1.60 bits per heavy atom. The summed E-state index contributed by atoms with van der Waals surface area (Å²) in [6.45, 7) is 0. The maximum absolute atomic E-state index is 10.8. The van der Waals surface area contributed by atoms with Crippen LogP contribution in [0.2, 0.25) is 0 Å². The van der Waals surface area contributed by atoms with Crippen molar-refractivity contribution >= 4 is 9.24 Å². The number of nitrogens with two attached hydrogens (primary N) is 1. The average Bonchev–Trinajstić information content (AvgIpc) is 0.722. The average molecular weight is 99.0 g/mol. The van der Waals surface area contributed by atoms with Crippen molar-refractivity contribution in [3.05, 3.63) is 0 Å². The standard InChI is InChI=1S/CH4F2NP/c2-1(3,4)5/h4-5H2. The Morgan fingerprint density at radius 2 is 1.60 bits per heavy atom. The van der Waals surface area contributed by atoms with Crippen LogP contribution in [0.1, 0.15) is 0 Å². The fourth-order valence-corrected chi connectivity index (χ4v) is 0. The third kappa shape index (κ3) is 344. The van der Waals surface area contributed by atoms with E-state index in [1.54, 1.807) is 0 Å². The summed E-state index contributed by atoms with van der Waals surface area (Å²) in [6.07, 6.45) is 0. The molecule has 2 N–H and O–H groups in total. The number of halogens is 2. The summed E-state index contributed by atoms with van der Waals surface area (Å²) in [6, 6.07) is 0. The second kappa shape index (κ2) is 1.15. The molecule has 5 heavy (non-hydrogen) atoms. The molecule has 4 heteroatoms. The van der Waals surface area contributed by atoms with Crippen molar-refractivity contribution in [2.75, 3.05) is 0 Å². The molecule has 0 saturated carbocycles. The van der Waals surface area contributed by atoms with E-state index >= 15 is 0 Å². The van der Waals surface area contributed by atoms with Gasteiger partial charge < -0.3 is 0 Å². The van der Waals surface area contributed by atoms with Gasteiger partial charge in [-0.05, 0) is 9.24 Å². The minimum absolute atomic E-state index is 1.16. The van der Waals surface area contributed by atoms with Gasteiger partial charge >= 0.3 is 5.79 Å². The highest BCUT2D eigenvalue weighted by molar-refractivity contribution is 7.18. The highest BCUT2D eigenvalue weighted by Gasteiger charge is 2.09. The molecule has 0 bridgehead atoms. The highest BCUT2D eigenvalue weighted by atomic mass is 31.0. The van der Waals surface area contributed by atoms with Gasteiger partial charge in [0, 0.05) is 0 Å². The molecule has 32 valence electrons. The van der Waals surface area contributed by atoms with Crippen LogP contribution in [0, 0.1) is 0 Å². The van der Waals surface area contributed by atoms with Crippen molar-refractivity contribution < 1.29 is 8.78 Å². The molecule has 0 saturated heterocycles. The van der Waals surface area contributed by atoms with Crippen molar-refractivity contribution in [3.63, 3.8) is 0 Å². The molecule has 1 atom stereocenters. The molecular formula is CH4F2NP. The topological polar surface area (TPSA) is 26.0 Å². The smallest absolute Gasteiger partial charge is 0.269 e. The molecule has 1 unspecified atom stereocenters. The van der Waals surface area contributed by atoms with Gasteiger partial charge in [0.05, 0.1) is 0 Å². The molecule has 0 rings (SSSR count). The molecule has 1 nitrogen and oxygen atoms in total. The van der Waals surface area contributed by atoms with E-state index in [0.29, 0.717) is 0 Å². The fourth-order valence-electron chi connectivity index (χ4n) is 0. The summed E-state index contributed by atoms with van der Waals surface area (Å²) in [5.41, 5.74) is 3.98. The molecule has 0 heterocycles. The van der Waals surface area contributed by atoms with Crippen LogP contribution in [0.4, 0.5) is 8.78 Å². The maximum Gasteiger partial charge on any atom is 0.311 e. The zero-order valence-corrected chi connectivity index (χ0v) is 3.57. The van der Waals surface area contributed by atoms with Gasteiger partial charge in [0.1, 0.15) is 0 Å². The van der Waals surface area contributed by atoms with Crippen LogP contribution in [-0.2, 0) is 0 Å². The third-order valence-electron chi connectivity index (χ3n) is 0. The molecule has 0 aromatic carbocycles. The van der Waals surface area contributed by atoms with Crippen LogP contribution >= 0.6 is 9.24 Å². The van der Waals surface area contributed by atoms with Gasteiger partial charge in [0.15, 0.2) is 0 Å². The summed E-state index contributed by atoms with van der Waals surface area (Å²) in [7, 11) is 1.16. The Balaban J connectivity index is 3.02. The quantitative estimate of drug-likeness (QED) is 0.344. The lowest BCUT2D eigenvalue weighted by molar-refractivity contribution is 0.113. The predicted octanol–water partition coefficient (Wildman–Crippen LogP) is 0.370. The van der Waals surface area contributed by atoms with Crippen molar-refractivity contribution in [2.24, 2.45) is 5.73 Å². The lowest BCUT2D eigenvalue weighted by Gasteiger charge is -1.94. The number of rotatable bonds is 0. The first-order valence-electron chi connectivity index (χ1n) is 0.955. The van der Waals surface area contributed by atoms with Crippen molar-refractivity contribution in [1.29, 1.82) is 0 Å². The van der Waals surface area contributed by atoms with E-state index in [4.69, 9.17) is 0 Å². The van der Waals surface area contributed by atoms with Crippen LogP contribution in [-0.4, -0.2) is 5.79 Å². The van der Waals surface area contributed by atoms with Crippen LogP contribution in [0.3, 0.4) is 0 Å². The maximum atomic E-state index is 10.8. The third-order valence-corrected chi connectivity index (χ3v) is 0. The Hall–Kier alpha value is 0.250. The number of alkyl halides is 2. The lowest BCUT2D eigenvalue weighted by Crippen LogP contribution is -2.17. The Labute approximate surface area is 30.7 Å². The zero-order valence-electron chi connectivity index (χ0n) is 2.41. The van der Waals surface area contributed by atoms with E-state index < -0.39 is 5.79 Å². The van der Waals surface area contributed by atoms with Crippen LogP contribution < -0.4 is 5.73 Å². The highest BCUT2D eigenvalue weighted by Crippen LogP contribution is 2.11. The summed E-state index contributed by atoms with van der Waals surface area (Å²) in [5.74, 6) is -3.08. The summed E-state index contributed by atoms with van der Waals surface area (Å²) in [4.78, 5) is 0. The van der Waals surface area contributed by atoms with Gasteiger partial charge in [-0.25, -0.2) is 0 Å². The Kier molecular flexibility index (Phi) is 1.21. The van der Waals surface area contributed by atoms with Crippen LogP contribution in [0.5, 0.6) is 0 Å². The zero-order chi connectivity index (χ0) is 4.50. The molecule has 0 aliphatic rings. The molecule has 0 aromatic rings. The van der Waals surface area contributed by atoms with Gasteiger partial charge in [-0.3, -0.25) is 5.73 Å². The van der Waals surface area contributed by atoms with Gasteiger partial charge in [0.25, 0.3) is 0 Å². The molecule has 0 aliphatic carbocycles. The van der Waals surface area contributed by atoms with Crippen molar-refractivity contribution in [1.82, 2.24) is 0 Å².